The number of fused-ring (bicyclic) bond motifs is 2. The number of nitrogens with zero attached hydrogens (tertiary/aromatic N) is 1. The Kier molecular flexibility index (Phi) is 4.18. The fourth-order valence-corrected chi connectivity index (χ4v) is 3.91. The van der Waals surface area contributed by atoms with Crippen LogP contribution in [0.15, 0.2) is 18.2 Å². The zero-order valence-corrected chi connectivity index (χ0v) is 12.5. The van der Waals surface area contributed by atoms with Crippen molar-refractivity contribution < 1.29 is 14.3 Å². The second-order valence-electron chi connectivity index (χ2n) is 6.08. The van der Waals surface area contributed by atoms with Gasteiger partial charge in [0.05, 0.1) is 12.5 Å². The average Bonchev–Trinajstić information content (AvgIpc) is 2.40. The molecular weight excluding hydrogens is 293 g/mol. The monoisotopic (exact) mass is 311 g/mol. The molecule has 3 nitrogen and oxygen atoms in total. The third kappa shape index (κ3) is 3.06. The van der Waals surface area contributed by atoms with Gasteiger partial charge < -0.3 is 10.0 Å². The van der Waals surface area contributed by atoms with E-state index in [0.29, 0.717) is 23.4 Å². The Bertz CT molecular complexity index is 537. The summed E-state index contributed by atoms with van der Waals surface area (Å²) in [6, 6.07) is 4.42. The summed E-state index contributed by atoms with van der Waals surface area (Å²) in [4.78, 5) is 14.6. The molecule has 0 spiro atoms. The van der Waals surface area contributed by atoms with E-state index in [4.69, 9.17) is 11.6 Å². The fraction of sp³-hybridized carbons (Fsp3) is 0.562. The first-order valence-corrected chi connectivity index (χ1v) is 7.85. The highest BCUT2D eigenvalue weighted by Gasteiger charge is 2.40. The van der Waals surface area contributed by atoms with Crippen LogP contribution in [-0.4, -0.2) is 34.1 Å². The first kappa shape index (κ1) is 14.8. The van der Waals surface area contributed by atoms with Crippen LogP contribution in [0, 0.1) is 5.82 Å². The Morgan fingerprint density at radius 1 is 1.33 bits per heavy atom. The molecule has 21 heavy (non-hydrogen) atoms. The van der Waals surface area contributed by atoms with Gasteiger partial charge in [-0.15, -0.1) is 0 Å². The number of hydrogen-bond donors (Lipinski definition) is 1. The van der Waals surface area contributed by atoms with Gasteiger partial charge in [0.15, 0.2) is 0 Å². The molecule has 114 valence electrons. The van der Waals surface area contributed by atoms with E-state index in [-0.39, 0.29) is 30.5 Å². The summed E-state index contributed by atoms with van der Waals surface area (Å²) in [5.41, 5.74) is 0.660. The van der Waals surface area contributed by atoms with Crippen molar-refractivity contribution in [1.82, 2.24) is 4.90 Å². The lowest BCUT2D eigenvalue weighted by Gasteiger charge is -2.48. The molecule has 3 atom stereocenters. The van der Waals surface area contributed by atoms with Gasteiger partial charge in [-0.25, -0.2) is 4.39 Å². The lowest BCUT2D eigenvalue weighted by Crippen LogP contribution is -2.56. The number of aliphatic hydroxyl groups excluding tert-OH is 1. The molecule has 2 bridgehead atoms. The lowest BCUT2D eigenvalue weighted by atomic mass is 9.82. The maximum Gasteiger partial charge on any atom is 0.227 e. The van der Waals surface area contributed by atoms with Crippen LogP contribution in [0.1, 0.15) is 37.7 Å². The largest absolute Gasteiger partial charge is 0.393 e. The van der Waals surface area contributed by atoms with Crippen molar-refractivity contribution in [3.05, 3.63) is 34.6 Å². The predicted octanol–water partition coefficient (Wildman–Crippen LogP) is 2.93. The summed E-state index contributed by atoms with van der Waals surface area (Å²) in [6.45, 7) is 0. The van der Waals surface area contributed by atoms with E-state index in [2.05, 4.69) is 0 Å². The molecule has 2 aliphatic heterocycles. The molecule has 2 fully saturated rings. The normalized spacial score (nSPS) is 28.5. The molecule has 1 aromatic rings. The summed E-state index contributed by atoms with van der Waals surface area (Å²) in [5.74, 6) is -0.362. The number of carbonyl (C=O) groups excluding carboxylic acids is 1. The maximum absolute atomic E-state index is 13.1. The molecule has 1 N–H and O–H groups in total. The number of amides is 1. The van der Waals surface area contributed by atoms with Crippen molar-refractivity contribution in [2.45, 2.75) is 56.7 Å². The van der Waals surface area contributed by atoms with E-state index in [0.717, 1.165) is 19.3 Å². The smallest absolute Gasteiger partial charge is 0.227 e. The minimum Gasteiger partial charge on any atom is -0.393 e. The summed E-state index contributed by atoms with van der Waals surface area (Å²) in [6.07, 6.45) is 4.26. The third-order valence-electron chi connectivity index (χ3n) is 4.59. The zero-order valence-electron chi connectivity index (χ0n) is 11.8. The molecule has 1 unspecified atom stereocenters. The number of carbonyl (C=O) groups is 1. The molecule has 0 saturated carbocycles. The molecular formula is C16H19ClFNO2. The van der Waals surface area contributed by atoms with Crippen molar-refractivity contribution in [2.24, 2.45) is 0 Å². The van der Waals surface area contributed by atoms with Gasteiger partial charge in [0.2, 0.25) is 5.91 Å². The Balaban J connectivity index is 1.75. The van der Waals surface area contributed by atoms with E-state index >= 15 is 0 Å². The van der Waals surface area contributed by atoms with Crippen LogP contribution in [-0.2, 0) is 11.2 Å². The highest BCUT2D eigenvalue weighted by atomic mass is 35.5. The lowest BCUT2D eigenvalue weighted by molar-refractivity contribution is -0.143. The molecule has 1 amide bonds. The molecule has 2 heterocycles. The van der Waals surface area contributed by atoms with Crippen LogP contribution in [0.25, 0.3) is 0 Å². The molecule has 0 radical (unpaired) electrons. The summed E-state index contributed by atoms with van der Waals surface area (Å²) < 4.78 is 13.1. The maximum atomic E-state index is 13.1. The van der Waals surface area contributed by atoms with Crippen molar-refractivity contribution in [3.63, 3.8) is 0 Å². The molecule has 0 aliphatic carbocycles. The predicted molar refractivity (Wildman–Crippen MR) is 78.6 cm³/mol. The first-order chi connectivity index (χ1) is 10.0. The van der Waals surface area contributed by atoms with Gasteiger partial charge in [-0.2, -0.15) is 0 Å². The molecule has 2 saturated heterocycles. The topological polar surface area (TPSA) is 40.5 Å². The number of rotatable bonds is 2. The first-order valence-electron chi connectivity index (χ1n) is 7.47. The van der Waals surface area contributed by atoms with E-state index < -0.39 is 5.82 Å². The van der Waals surface area contributed by atoms with Crippen molar-refractivity contribution in [3.8, 4) is 0 Å². The third-order valence-corrected chi connectivity index (χ3v) is 4.95. The number of piperidine rings is 2. The SMILES string of the molecule is O=C(Cc1ccc(F)cc1Cl)N1[C@@H]2CCC[C@H]1CC(O)C2. The van der Waals surface area contributed by atoms with E-state index in [1.807, 2.05) is 4.90 Å². The average molecular weight is 312 g/mol. The minimum absolute atomic E-state index is 0.0325. The minimum atomic E-state index is -0.394. The van der Waals surface area contributed by atoms with Crippen LogP contribution < -0.4 is 0 Å². The van der Waals surface area contributed by atoms with Gasteiger partial charge in [0, 0.05) is 17.1 Å². The van der Waals surface area contributed by atoms with E-state index in [9.17, 15) is 14.3 Å². The summed E-state index contributed by atoms with van der Waals surface area (Å²) >= 11 is 6.01. The van der Waals surface area contributed by atoms with Gasteiger partial charge in [0.1, 0.15) is 5.82 Å². The molecule has 2 aliphatic rings. The van der Waals surface area contributed by atoms with Gasteiger partial charge >= 0.3 is 0 Å². The van der Waals surface area contributed by atoms with Crippen LogP contribution in [0.3, 0.4) is 0 Å². The molecule has 3 rings (SSSR count). The van der Waals surface area contributed by atoms with Crippen molar-refractivity contribution in [1.29, 1.82) is 0 Å². The number of benzene rings is 1. The van der Waals surface area contributed by atoms with E-state index in [1.165, 1.54) is 12.1 Å². The fourth-order valence-electron chi connectivity index (χ4n) is 3.68. The Hall–Kier alpha value is -1.13. The van der Waals surface area contributed by atoms with Gasteiger partial charge in [0.25, 0.3) is 0 Å². The van der Waals surface area contributed by atoms with Gasteiger partial charge in [-0.1, -0.05) is 17.7 Å². The van der Waals surface area contributed by atoms with E-state index in [1.54, 1.807) is 6.07 Å². The Morgan fingerprint density at radius 3 is 2.62 bits per heavy atom. The Labute approximate surface area is 128 Å². The Morgan fingerprint density at radius 2 is 2.00 bits per heavy atom. The highest BCUT2D eigenvalue weighted by Crippen LogP contribution is 2.34. The second-order valence-corrected chi connectivity index (χ2v) is 6.48. The van der Waals surface area contributed by atoms with Crippen LogP contribution in [0.2, 0.25) is 5.02 Å². The molecule has 1 aromatic carbocycles. The van der Waals surface area contributed by atoms with Gasteiger partial charge in [-0.05, 0) is 49.8 Å². The van der Waals surface area contributed by atoms with Crippen molar-refractivity contribution >= 4 is 17.5 Å². The van der Waals surface area contributed by atoms with Crippen LogP contribution >= 0.6 is 11.6 Å². The number of aliphatic hydroxyl groups is 1. The van der Waals surface area contributed by atoms with Gasteiger partial charge in [-0.3, -0.25) is 4.79 Å². The number of halogens is 2. The standard InChI is InChI=1S/C16H19ClFNO2/c17-15-7-11(18)5-4-10(15)6-16(21)19-12-2-1-3-13(19)9-14(20)8-12/h4-5,7,12-14,20H,1-3,6,8-9H2/t12-,13+,14?. The van der Waals surface area contributed by atoms with Crippen molar-refractivity contribution in [2.75, 3.05) is 0 Å². The zero-order chi connectivity index (χ0) is 15.0. The van der Waals surface area contributed by atoms with Crippen LogP contribution in [0.4, 0.5) is 4.39 Å². The highest BCUT2D eigenvalue weighted by molar-refractivity contribution is 6.31. The number of hydrogen-bond acceptors (Lipinski definition) is 2. The summed E-state index contributed by atoms with van der Waals surface area (Å²) in [5, 5.41) is 10.2. The molecule has 5 heteroatoms. The summed E-state index contributed by atoms with van der Waals surface area (Å²) in [7, 11) is 0. The molecule has 0 aromatic heterocycles. The second kappa shape index (κ2) is 5.93. The van der Waals surface area contributed by atoms with Crippen LogP contribution in [0.5, 0.6) is 0 Å². The quantitative estimate of drug-likeness (QED) is 0.912.